The normalized spacial score (nSPS) is 11.3. The van der Waals surface area contributed by atoms with Crippen LogP contribution in [-0.2, 0) is 0 Å². The van der Waals surface area contributed by atoms with Crippen LogP contribution in [0.5, 0.6) is 0 Å². The first-order chi connectivity index (χ1) is 12.3. The standard InChI is InChI=1S/C20H15Cl2FN2O/c1-11-7-15(18(23)8-12(11)2)19-10-14(24-25-19)4-6-20(26)13-3-5-16(21)17(22)9-13/h3-10H,1-2H3,(H,24,25)/b6-4+. The van der Waals surface area contributed by atoms with Gasteiger partial charge in [-0.05, 0) is 73.5 Å². The Balaban J connectivity index is 1.82. The molecular formula is C20H15Cl2FN2O. The smallest absolute Gasteiger partial charge is 0.185 e. The Kier molecular flexibility index (Phi) is 5.25. The van der Waals surface area contributed by atoms with Gasteiger partial charge in [-0.2, -0.15) is 5.10 Å². The minimum absolute atomic E-state index is 0.225. The summed E-state index contributed by atoms with van der Waals surface area (Å²) in [7, 11) is 0. The van der Waals surface area contributed by atoms with E-state index in [9.17, 15) is 9.18 Å². The lowest BCUT2D eigenvalue weighted by Crippen LogP contribution is -1.93. The average Bonchev–Trinajstić information content (AvgIpc) is 3.07. The fourth-order valence-corrected chi connectivity index (χ4v) is 2.75. The second-order valence-electron chi connectivity index (χ2n) is 5.95. The van der Waals surface area contributed by atoms with Gasteiger partial charge in [0.15, 0.2) is 5.78 Å². The first-order valence-corrected chi connectivity index (χ1v) is 8.60. The molecule has 3 rings (SSSR count). The van der Waals surface area contributed by atoms with Crippen molar-refractivity contribution in [2.75, 3.05) is 0 Å². The first kappa shape index (κ1) is 18.4. The highest BCUT2D eigenvalue weighted by Crippen LogP contribution is 2.25. The van der Waals surface area contributed by atoms with Crippen LogP contribution in [0.3, 0.4) is 0 Å². The highest BCUT2D eigenvalue weighted by atomic mass is 35.5. The fraction of sp³-hybridized carbons (Fsp3) is 0.100. The van der Waals surface area contributed by atoms with Crippen molar-refractivity contribution in [3.63, 3.8) is 0 Å². The predicted molar refractivity (Wildman–Crippen MR) is 103 cm³/mol. The van der Waals surface area contributed by atoms with Crippen LogP contribution in [0, 0.1) is 19.7 Å². The molecule has 0 saturated heterocycles. The van der Waals surface area contributed by atoms with Crippen LogP contribution in [-0.4, -0.2) is 16.0 Å². The molecule has 3 nitrogen and oxygen atoms in total. The number of ketones is 1. The maximum absolute atomic E-state index is 14.2. The number of H-pyrrole nitrogens is 1. The molecule has 0 amide bonds. The van der Waals surface area contributed by atoms with E-state index >= 15 is 0 Å². The lowest BCUT2D eigenvalue weighted by Gasteiger charge is -2.04. The molecule has 0 aliphatic carbocycles. The van der Waals surface area contributed by atoms with Crippen LogP contribution >= 0.6 is 23.2 Å². The first-order valence-electron chi connectivity index (χ1n) is 7.85. The van der Waals surface area contributed by atoms with Crippen LogP contribution < -0.4 is 0 Å². The Morgan fingerprint density at radius 2 is 1.81 bits per heavy atom. The van der Waals surface area contributed by atoms with Crippen molar-refractivity contribution in [1.82, 2.24) is 10.2 Å². The summed E-state index contributed by atoms with van der Waals surface area (Å²) in [5.74, 6) is -0.556. The summed E-state index contributed by atoms with van der Waals surface area (Å²) in [6.07, 6.45) is 2.98. The number of carbonyl (C=O) groups excluding carboxylic acids is 1. The molecule has 0 aliphatic rings. The Bertz CT molecular complexity index is 1020. The van der Waals surface area contributed by atoms with Crippen LogP contribution in [0.2, 0.25) is 10.0 Å². The number of carbonyl (C=O) groups is 1. The second kappa shape index (κ2) is 7.44. The van der Waals surface area contributed by atoms with E-state index in [4.69, 9.17) is 23.2 Å². The van der Waals surface area contributed by atoms with Gasteiger partial charge in [-0.15, -0.1) is 0 Å². The number of rotatable bonds is 4. The van der Waals surface area contributed by atoms with Crippen LogP contribution in [0.1, 0.15) is 27.2 Å². The zero-order valence-electron chi connectivity index (χ0n) is 14.1. The molecule has 3 aromatic rings. The second-order valence-corrected chi connectivity index (χ2v) is 6.77. The van der Waals surface area contributed by atoms with Crippen molar-refractivity contribution in [3.05, 3.63) is 80.7 Å². The molecule has 1 heterocycles. The monoisotopic (exact) mass is 388 g/mol. The third-order valence-electron chi connectivity index (χ3n) is 4.08. The molecule has 0 unspecified atom stereocenters. The Labute approximate surface area is 160 Å². The molecule has 26 heavy (non-hydrogen) atoms. The van der Waals surface area contributed by atoms with Gasteiger partial charge in [0, 0.05) is 11.1 Å². The zero-order chi connectivity index (χ0) is 18.8. The number of benzene rings is 2. The van der Waals surface area contributed by atoms with Crippen molar-refractivity contribution in [1.29, 1.82) is 0 Å². The summed E-state index contributed by atoms with van der Waals surface area (Å²) >= 11 is 11.8. The highest BCUT2D eigenvalue weighted by Gasteiger charge is 2.11. The third-order valence-corrected chi connectivity index (χ3v) is 4.81. The van der Waals surface area contributed by atoms with E-state index < -0.39 is 0 Å². The lowest BCUT2D eigenvalue weighted by molar-refractivity contribution is 0.104. The number of nitrogens with zero attached hydrogens (tertiary/aromatic N) is 1. The van der Waals surface area contributed by atoms with E-state index in [1.165, 1.54) is 18.2 Å². The van der Waals surface area contributed by atoms with Crippen molar-refractivity contribution in [3.8, 4) is 11.3 Å². The third kappa shape index (κ3) is 3.87. The van der Waals surface area contributed by atoms with E-state index in [1.807, 2.05) is 13.8 Å². The average molecular weight is 389 g/mol. The van der Waals surface area contributed by atoms with E-state index in [0.29, 0.717) is 32.6 Å². The van der Waals surface area contributed by atoms with Gasteiger partial charge in [0.2, 0.25) is 0 Å². The maximum atomic E-state index is 14.2. The Morgan fingerprint density at radius 1 is 1.08 bits per heavy atom. The van der Waals surface area contributed by atoms with Crippen LogP contribution in [0.4, 0.5) is 4.39 Å². The topological polar surface area (TPSA) is 45.8 Å². The molecule has 0 fully saturated rings. The summed E-state index contributed by atoms with van der Waals surface area (Å²) in [5.41, 5.74) is 3.78. The van der Waals surface area contributed by atoms with Gasteiger partial charge in [0.05, 0.1) is 21.4 Å². The summed E-state index contributed by atoms with van der Waals surface area (Å²) < 4.78 is 14.2. The highest BCUT2D eigenvalue weighted by molar-refractivity contribution is 6.42. The number of aryl methyl sites for hydroxylation is 2. The maximum Gasteiger partial charge on any atom is 0.185 e. The van der Waals surface area contributed by atoms with E-state index in [2.05, 4.69) is 10.2 Å². The van der Waals surface area contributed by atoms with E-state index in [-0.39, 0.29) is 11.6 Å². The molecular weight excluding hydrogens is 374 g/mol. The van der Waals surface area contributed by atoms with Crippen LogP contribution in [0.15, 0.2) is 42.5 Å². The summed E-state index contributed by atoms with van der Waals surface area (Å²) in [5, 5.41) is 7.63. The lowest BCUT2D eigenvalue weighted by atomic mass is 10.0. The summed E-state index contributed by atoms with van der Waals surface area (Å²) in [4.78, 5) is 12.2. The molecule has 0 radical (unpaired) electrons. The summed E-state index contributed by atoms with van der Waals surface area (Å²) in [6.45, 7) is 3.77. The van der Waals surface area contributed by atoms with Gasteiger partial charge in [0.25, 0.3) is 0 Å². The molecule has 1 aromatic heterocycles. The fourth-order valence-electron chi connectivity index (χ4n) is 2.45. The van der Waals surface area contributed by atoms with Crippen molar-refractivity contribution in [2.45, 2.75) is 13.8 Å². The number of halogens is 3. The van der Waals surface area contributed by atoms with Gasteiger partial charge in [-0.1, -0.05) is 23.2 Å². The van der Waals surface area contributed by atoms with E-state index in [1.54, 1.807) is 30.3 Å². The quantitative estimate of drug-likeness (QED) is 0.437. The minimum Gasteiger partial charge on any atom is -0.289 e. The molecule has 1 N–H and O–H groups in total. The number of aromatic amines is 1. The van der Waals surface area contributed by atoms with Crippen molar-refractivity contribution >= 4 is 35.1 Å². The van der Waals surface area contributed by atoms with Gasteiger partial charge in [0.1, 0.15) is 5.82 Å². The molecule has 0 spiro atoms. The molecule has 6 heteroatoms. The van der Waals surface area contributed by atoms with Crippen LogP contribution in [0.25, 0.3) is 17.3 Å². The molecule has 0 bridgehead atoms. The number of hydrogen-bond donors (Lipinski definition) is 1. The number of hydrogen-bond acceptors (Lipinski definition) is 2. The molecule has 2 aromatic carbocycles. The Hall–Kier alpha value is -2.43. The van der Waals surface area contributed by atoms with Gasteiger partial charge in [-0.3, -0.25) is 9.89 Å². The minimum atomic E-state index is -0.331. The molecule has 0 aliphatic heterocycles. The SMILES string of the molecule is Cc1cc(F)c(-c2cc(/C=C/C(=O)c3ccc(Cl)c(Cl)c3)[nH]n2)cc1C. The zero-order valence-corrected chi connectivity index (χ0v) is 15.6. The number of allylic oxidation sites excluding steroid dienone is 1. The van der Waals surface area contributed by atoms with E-state index in [0.717, 1.165) is 11.1 Å². The van der Waals surface area contributed by atoms with Crippen molar-refractivity contribution < 1.29 is 9.18 Å². The molecule has 0 saturated carbocycles. The Morgan fingerprint density at radius 3 is 2.54 bits per heavy atom. The number of aromatic nitrogens is 2. The predicted octanol–water partition coefficient (Wildman–Crippen LogP) is 6.04. The van der Waals surface area contributed by atoms with Gasteiger partial charge >= 0.3 is 0 Å². The number of nitrogens with one attached hydrogen (secondary N) is 1. The largest absolute Gasteiger partial charge is 0.289 e. The summed E-state index contributed by atoms with van der Waals surface area (Å²) in [6, 6.07) is 9.62. The van der Waals surface area contributed by atoms with Gasteiger partial charge in [-0.25, -0.2) is 4.39 Å². The molecule has 132 valence electrons. The molecule has 0 atom stereocenters. The van der Waals surface area contributed by atoms with Crippen molar-refractivity contribution in [2.24, 2.45) is 0 Å². The van der Waals surface area contributed by atoms with Gasteiger partial charge < -0.3 is 0 Å².